The van der Waals surface area contributed by atoms with Crippen molar-refractivity contribution in [3.8, 4) is 0 Å². The number of rotatable bonds is 8. The summed E-state index contributed by atoms with van der Waals surface area (Å²) in [5.41, 5.74) is 0. The molecular formula is C10H20O5S. The van der Waals surface area contributed by atoms with E-state index in [-0.39, 0.29) is 11.5 Å². The number of hydrogen-bond acceptors (Lipinski definition) is 5. The van der Waals surface area contributed by atoms with Crippen LogP contribution in [0.1, 0.15) is 19.8 Å². The summed E-state index contributed by atoms with van der Waals surface area (Å²) in [6, 6.07) is 0. The predicted octanol–water partition coefficient (Wildman–Crippen LogP) is 0.637. The number of carbonyl (C=O) groups is 1. The van der Waals surface area contributed by atoms with Gasteiger partial charge in [-0.3, -0.25) is 4.79 Å². The van der Waals surface area contributed by atoms with Crippen LogP contribution in [-0.2, 0) is 24.1 Å². The number of carbonyl (C=O) groups excluding carboxylic acids is 1. The summed E-state index contributed by atoms with van der Waals surface area (Å²) in [5.74, 6) is -1.14. The number of hydrogen-bond donors (Lipinski definition) is 0. The van der Waals surface area contributed by atoms with Crippen molar-refractivity contribution in [1.82, 2.24) is 0 Å². The molecule has 0 aromatic carbocycles. The molecule has 0 aromatic rings. The van der Waals surface area contributed by atoms with Gasteiger partial charge in [-0.1, -0.05) is 6.92 Å². The molecule has 0 spiro atoms. The summed E-state index contributed by atoms with van der Waals surface area (Å²) in [4.78, 5) is 11.1. The predicted molar refractivity (Wildman–Crippen MR) is 60.9 cm³/mol. The minimum Gasteiger partial charge on any atom is -0.469 e. The minimum atomic E-state index is -3.17. The molecule has 0 saturated carbocycles. The lowest BCUT2D eigenvalue weighted by atomic mass is 10.2. The maximum Gasteiger partial charge on any atom is 0.309 e. The van der Waals surface area contributed by atoms with Crippen LogP contribution in [0.15, 0.2) is 0 Å². The summed E-state index contributed by atoms with van der Waals surface area (Å²) in [5, 5.41) is 0. The van der Waals surface area contributed by atoms with Gasteiger partial charge in [0.1, 0.15) is 0 Å². The lowest BCUT2D eigenvalue weighted by molar-refractivity contribution is -0.144. The molecule has 0 bridgehead atoms. The van der Waals surface area contributed by atoms with Crippen molar-refractivity contribution < 1.29 is 22.7 Å². The Hall–Kier alpha value is -0.620. The second-order valence-corrected chi connectivity index (χ2v) is 5.97. The molecule has 16 heavy (non-hydrogen) atoms. The Morgan fingerprint density at radius 1 is 1.25 bits per heavy atom. The highest BCUT2D eigenvalue weighted by molar-refractivity contribution is 7.91. The third kappa shape index (κ3) is 6.79. The Labute approximate surface area is 97.0 Å². The lowest BCUT2D eigenvalue weighted by Gasteiger charge is -2.09. The van der Waals surface area contributed by atoms with E-state index in [2.05, 4.69) is 4.74 Å². The normalized spacial score (nSPS) is 13.4. The van der Waals surface area contributed by atoms with E-state index in [1.54, 1.807) is 14.0 Å². The maximum atomic E-state index is 11.6. The first-order valence-corrected chi connectivity index (χ1v) is 7.02. The van der Waals surface area contributed by atoms with Gasteiger partial charge in [0.25, 0.3) is 0 Å². The van der Waals surface area contributed by atoms with E-state index in [0.717, 1.165) is 0 Å². The molecule has 6 heteroatoms. The van der Waals surface area contributed by atoms with E-state index in [1.165, 1.54) is 7.11 Å². The van der Waals surface area contributed by atoms with Gasteiger partial charge < -0.3 is 9.47 Å². The van der Waals surface area contributed by atoms with Gasteiger partial charge in [0.05, 0.1) is 24.5 Å². The Kier molecular flexibility index (Phi) is 7.33. The van der Waals surface area contributed by atoms with Crippen LogP contribution < -0.4 is 0 Å². The third-order valence-corrected chi connectivity index (χ3v) is 4.08. The molecule has 96 valence electrons. The van der Waals surface area contributed by atoms with Crippen molar-refractivity contribution in [3.05, 3.63) is 0 Å². The molecule has 0 rings (SSSR count). The Morgan fingerprint density at radius 3 is 2.38 bits per heavy atom. The SMILES string of the molecule is COCCCCS(=O)(=O)CC(C)C(=O)OC. The van der Waals surface area contributed by atoms with E-state index in [4.69, 9.17) is 4.74 Å². The zero-order chi connectivity index (χ0) is 12.6. The zero-order valence-corrected chi connectivity index (χ0v) is 10.9. The average Bonchev–Trinajstić information content (AvgIpc) is 2.22. The molecule has 1 unspecified atom stereocenters. The standard InChI is InChI=1S/C10H20O5S/c1-9(10(11)15-3)8-16(12,13)7-5-4-6-14-2/h9H,4-8H2,1-3H3. The number of esters is 1. The van der Waals surface area contributed by atoms with Gasteiger partial charge in [0.2, 0.25) is 0 Å². The molecule has 0 amide bonds. The molecule has 5 nitrogen and oxygen atoms in total. The number of ether oxygens (including phenoxy) is 2. The van der Waals surface area contributed by atoms with Gasteiger partial charge in [-0.2, -0.15) is 0 Å². The van der Waals surface area contributed by atoms with E-state index in [0.29, 0.717) is 19.4 Å². The summed E-state index contributed by atoms with van der Waals surface area (Å²) in [7, 11) is -0.342. The fraction of sp³-hybridized carbons (Fsp3) is 0.900. The molecule has 0 radical (unpaired) electrons. The van der Waals surface area contributed by atoms with Gasteiger partial charge >= 0.3 is 5.97 Å². The molecule has 0 aliphatic rings. The fourth-order valence-electron chi connectivity index (χ4n) is 1.30. The number of sulfone groups is 1. The highest BCUT2D eigenvalue weighted by Crippen LogP contribution is 2.06. The highest BCUT2D eigenvalue weighted by Gasteiger charge is 2.21. The Morgan fingerprint density at radius 2 is 1.88 bits per heavy atom. The van der Waals surface area contributed by atoms with Crippen molar-refractivity contribution in [2.24, 2.45) is 5.92 Å². The summed E-state index contributed by atoms with van der Waals surface area (Å²) in [6.45, 7) is 2.11. The van der Waals surface area contributed by atoms with Gasteiger partial charge in [0.15, 0.2) is 9.84 Å². The number of methoxy groups -OCH3 is 2. The molecule has 0 saturated heterocycles. The maximum absolute atomic E-state index is 11.6. The summed E-state index contributed by atoms with van der Waals surface area (Å²) >= 11 is 0. The monoisotopic (exact) mass is 252 g/mol. The molecule has 0 N–H and O–H groups in total. The van der Waals surface area contributed by atoms with E-state index in [1.807, 2.05) is 0 Å². The topological polar surface area (TPSA) is 69.7 Å². The van der Waals surface area contributed by atoms with Crippen LogP contribution in [0.5, 0.6) is 0 Å². The van der Waals surface area contributed by atoms with Crippen LogP contribution in [0, 0.1) is 5.92 Å². The van der Waals surface area contributed by atoms with E-state index < -0.39 is 21.7 Å². The Balaban J connectivity index is 4.00. The van der Waals surface area contributed by atoms with Crippen molar-refractivity contribution in [2.75, 3.05) is 32.3 Å². The molecule has 0 aromatic heterocycles. The van der Waals surface area contributed by atoms with Gasteiger partial charge in [-0.25, -0.2) is 8.42 Å². The zero-order valence-electron chi connectivity index (χ0n) is 10.1. The second-order valence-electron chi connectivity index (χ2n) is 3.74. The van der Waals surface area contributed by atoms with Crippen LogP contribution in [0.25, 0.3) is 0 Å². The van der Waals surface area contributed by atoms with Crippen LogP contribution in [-0.4, -0.2) is 46.7 Å². The smallest absolute Gasteiger partial charge is 0.309 e. The molecule has 1 atom stereocenters. The largest absolute Gasteiger partial charge is 0.469 e. The average molecular weight is 252 g/mol. The number of unbranched alkanes of at least 4 members (excludes halogenated alkanes) is 1. The molecule has 0 heterocycles. The van der Waals surface area contributed by atoms with Gasteiger partial charge in [-0.15, -0.1) is 0 Å². The molecule has 0 aliphatic heterocycles. The van der Waals surface area contributed by atoms with E-state index >= 15 is 0 Å². The summed E-state index contributed by atoms with van der Waals surface area (Å²) in [6.07, 6.45) is 1.27. The van der Waals surface area contributed by atoms with Crippen molar-refractivity contribution in [1.29, 1.82) is 0 Å². The minimum absolute atomic E-state index is 0.0949. The van der Waals surface area contributed by atoms with Crippen molar-refractivity contribution >= 4 is 15.8 Å². The van der Waals surface area contributed by atoms with Crippen LogP contribution in [0.3, 0.4) is 0 Å². The third-order valence-electron chi connectivity index (χ3n) is 2.16. The molecule has 0 aliphatic carbocycles. The lowest BCUT2D eigenvalue weighted by Crippen LogP contribution is -2.24. The van der Waals surface area contributed by atoms with Crippen LogP contribution in [0.2, 0.25) is 0 Å². The first-order chi connectivity index (χ1) is 7.43. The first-order valence-electron chi connectivity index (χ1n) is 5.20. The van der Waals surface area contributed by atoms with Crippen LogP contribution >= 0.6 is 0 Å². The van der Waals surface area contributed by atoms with Crippen molar-refractivity contribution in [2.45, 2.75) is 19.8 Å². The second kappa shape index (κ2) is 7.62. The molecular weight excluding hydrogens is 232 g/mol. The highest BCUT2D eigenvalue weighted by atomic mass is 32.2. The first kappa shape index (κ1) is 15.4. The molecule has 0 fully saturated rings. The van der Waals surface area contributed by atoms with Crippen LogP contribution in [0.4, 0.5) is 0 Å². The van der Waals surface area contributed by atoms with Gasteiger partial charge in [0, 0.05) is 13.7 Å². The fourth-order valence-corrected chi connectivity index (χ4v) is 3.01. The van der Waals surface area contributed by atoms with Crippen molar-refractivity contribution in [3.63, 3.8) is 0 Å². The quantitative estimate of drug-likeness (QED) is 0.468. The van der Waals surface area contributed by atoms with Gasteiger partial charge in [-0.05, 0) is 12.8 Å². The summed E-state index contributed by atoms with van der Waals surface area (Å²) < 4.78 is 32.5. The van der Waals surface area contributed by atoms with E-state index in [9.17, 15) is 13.2 Å². The Bertz CT molecular complexity index is 296.